The monoisotopic (exact) mass is 471 g/mol. The minimum Gasteiger partial charge on any atom is -0.495 e. The molecule has 174 valence electrons. The molecule has 1 fully saturated rings. The van der Waals surface area contributed by atoms with E-state index in [0.717, 1.165) is 0 Å². The van der Waals surface area contributed by atoms with Gasteiger partial charge in [-0.2, -0.15) is 13.2 Å². The second-order valence-corrected chi connectivity index (χ2v) is 9.05. The van der Waals surface area contributed by atoms with Crippen molar-refractivity contribution in [2.45, 2.75) is 17.5 Å². The molecule has 3 rings (SSSR count). The number of benzene rings is 2. The second kappa shape index (κ2) is 9.78. The number of para-hydroxylation sites is 2. The molecule has 2 aromatic rings. The zero-order valence-electron chi connectivity index (χ0n) is 17.4. The predicted molar refractivity (Wildman–Crippen MR) is 113 cm³/mol. The van der Waals surface area contributed by atoms with Gasteiger partial charge in [0, 0.05) is 31.7 Å². The third-order valence-electron chi connectivity index (χ3n) is 5.02. The van der Waals surface area contributed by atoms with Gasteiger partial charge >= 0.3 is 6.18 Å². The van der Waals surface area contributed by atoms with Crippen molar-refractivity contribution < 1.29 is 31.1 Å². The van der Waals surface area contributed by atoms with Gasteiger partial charge in [0.15, 0.2) is 0 Å². The quantitative estimate of drug-likeness (QED) is 0.700. The van der Waals surface area contributed by atoms with Crippen LogP contribution < -0.4 is 9.46 Å². The number of halogens is 3. The Labute approximate surface area is 184 Å². The van der Waals surface area contributed by atoms with Crippen LogP contribution in [-0.2, 0) is 10.0 Å². The highest BCUT2D eigenvalue weighted by molar-refractivity contribution is 7.92. The molecule has 0 unspecified atom stereocenters. The maximum absolute atomic E-state index is 12.9. The van der Waals surface area contributed by atoms with E-state index in [1.807, 2.05) is 0 Å². The number of hydrogen-bond acceptors (Lipinski definition) is 5. The van der Waals surface area contributed by atoms with Gasteiger partial charge in [-0.05, 0) is 36.8 Å². The van der Waals surface area contributed by atoms with E-state index in [0.29, 0.717) is 18.7 Å². The van der Waals surface area contributed by atoms with E-state index in [2.05, 4.69) is 4.72 Å². The number of methoxy groups -OCH3 is 1. The third-order valence-corrected chi connectivity index (χ3v) is 6.38. The molecule has 0 saturated carbocycles. The van der Waals surface area contributed by atoms with E-state index in [-0.39, 0.29) is 35.8 Å². The number of nitrogens with one attached hydrogen (secondary N) is 1. The highest BCUT2D eigenvalue weighted by Crippen LogP contribution is 2.26. The Hall–Kier alpha value is -2.79. The molecule has 0 radical (unpaired) electrons. The van der Waals surface area contributed by atoms with Crippen molar-refractivity contribution in [3.63, 3.8) is 0 Å². The van der Waals surface area contributed by atoms with Crippen molar-refractivity contribution in [1.29, 1.82) is 0 Å². The summed E-state index contributed by atoms with van der Waals surface area (Å²) in [6, 6.07) is 12.1. The Morgan fingerprint density at radius 1 is 1.06 bits per heavy atom. The van der Waals surface area contributed by atoms with Crippen LogP contribution in [0.25, 0.3) is 0 Å². The lowest BCUT2D eigenvalue weighted by Crippen LogP contribution is -2.38. The summed E-state index contributed by atoms with van der Waals surface area (Å²) in [5.41, 5.74) is 0.404. The normalized spacial score (nSPS) is 15.8. The first-order valence-electron chi connectivity index (χ1n) is 9.93. The fourth-order valence-corrected chi connectivity index (χ4v) is 4.61. The highest BCUT2D eigenvalue weighted by Gasteiger charge is 2.32. The highest BCUT2D eigenvalue weighted by atomic mass is 32.2. The van der Waals surface area contributed by atoms with E-state index in [4.69, 9.17) is 4.74 Å². The van der Waals surface area contributed by atoms with Crippen molar-refractivity contribution in [3.8, 4) is 5.75 Å². The van der Waals surface area contributed by atoms with Gasteiger partial charge in [0.1, 0.15) is 5.75 Å². The van der Waals surface area contributed by atoms with Gasteiger partial charge in [0.05, 0.1) is 24.2 Å². The van der Waals surface area contributed by atoms with Crippen LogP contribution in [0.5, 0.6) is 5.75 Å². The summed E-state index contributed by atoms with van der Waals surface area (Å²) in [7, 11) is -2.58. The molecule has 0 aliphatic carbocycles. The second-order valence-electron chi connectivity index (χ2n) is 7.37. The number of carbonyl (C=O) groups excluding carboxylic acids is 1. The summed E-state index contributed by atoms with van der Waals surface area (Å²) in [6.07, 6.45) is -3.90. The van der Waals surface area contributed by atoms with Crippen LogP contribution in [0.2, 0.25) is 0 Å². The van der Waals surface area contributed by atoms with Gasteiger partial charge in [0.25, 0.3) is 15.9 Å². The van der Waals surface area contributed by atoms with E-state index in [1.165, 1.54) is 41.2 Å². The Bertz CT molecular complexity index is 1060. The van der Waals surface area contributed by atoms with Gasteiger partial charge in [-0.3, -0.25) is 14.4 Å². The average molecular weight is 472 g/mol. The number of sulfonamides is 1. The molecule has 1 aliphatic heterocycles. The molecule has 7 nitrogen and oxygen atoms in total. The minimum absolute atomic E-state index is 0.0958. The molecule has 1 aliphatic rings. The maximum atomic E-state index is 12.9. The van der Waals surface area contributed by atoms with Gasteiger partial charge in [-0.1, -0.05) is 18.2 Å². The van der Waals surface area contributed by atoms with Crippen LogP contribution in [0.3, 0.4) is 0 Å². The van der Waals surface area contributed by atoms with E-state index >= 15 is 0 Å². The lowest BCUT2D eigenvalue weighted by atomic mass is 10.2. The number of hydrogen-bond donors (Lipinski definition) is 1. The minimum atomic E-state index is -4.30. The van der Waals surface area contributed by atoms with Crippen molar-refractivity contribution in [2.24, 2.45) is 0 Å². The first-order chi connectivity index (χ1) is 15.1. The maximum Gasteiger partial charge on any atom is 0.401 e. The van der Waals surface area contributed by atoms with Crippen molar-refractivity contribution in [3.05, 3.63) is 54.1 Å². The van der Waals surface area contributed by atoms with Crippen LogP contribution in [0.15, 0.2) is 53.4 Å². The SMILES string of the molecule is COc1ccccc1NS(=O)(=O)c1cccc(C(=O)N2CCCN(CC(F)(F)F)CC2)c1. The number of rotatable bonds is 6. The van der Waals surface area contributed by atoms with E-state index in [1.54, 1.807) is 24.3 Å². The summed E-state index contributed by atoms with van der Waals surface area (Å²) < 4.78 is 71.3. The largest absolute Gasteiger partial charge is 0.495 e. The fourth-order valence-electron chi connectivity index (χ4n) is 3.50. The molecule has 0 bridgehead atoms. The number of carbonyl (C=O) groups is 1. The molecule has 1 heterocycles. The molecule has 1 amide bonds. The standard InChI is InChI=1S/C21H24F3N3O4S/c1-31-19-9-3-2-8-18(19)25-32(29,30)17-7-4-6-16(14-17)20(28)27-11-5-10-26(12-13-27)15-21(22,23)24/h2-4,6-9,14,25H,5,10-13,15H2,1H3. The molecule has 32 heavy (non-hydrogen) atoms. The molecule has 2 aromatic carbocycles. The summed E-state index contributed by atoms with van der Waals surface area (Å²) in [5.74, 6) is -0.0792. The van der Waals surface area contributed by atoms with Crippen LogP contribution in [0.4, 0.5) is 18.9 Å². The number of anilines is 1. The van der Waals surface area contributed by atoms with Crippen LogP contribution in [0, 0.1) is 0 Å². The number of amides is 1. The lowest BCUT2D eigenvalue weighted by Gasteiger charge is -2.23. The van der Waals surface area contributed by atoms with E-state index < -0.39 is 28.7 Å². The zero-order chi connectivity index (χ0) is 23.4. The first kappa shape index (κ1) is 23.9. The average Bonchev–Trinajstić information content (AvgIpc) is 2.97. The van der Waals surface area contributed by atoms with Crippen LogP contribution in [-0.4, -0.2) is 70.1 Å². The smallest absolute Gasteiger partial charge is 0.401 e. The van der Waals surface area contributed by atoms with Crippen molar-refractivity contribution >= 4 is 21.6 Å². The summed E-state index contributed by atoms with van der Waals surface area (Å²) in [4.78, 5) is 15.5. The topological polar surface area (TPSA) is 78.9 Å². The zero-order valence-corrected chi connectivity index (χ0v) is 18.2. The Kier molecular flexibility index (Phi) is 7.29. The van der Waals surface area contributed by atoms with Crippen molar-refractivity contribution in [2.75, 3.05) is 44.6 Å². The molecular formula is C21H24F3N3O4S. The van der Waals surface area contributed by atoms with Crippen LogP contribution >= 0.6 is 0 Å². The van der Waals surface area contributed by atoms with E-state index in [9.17, 15) is 26.4 Å². The van der Waals surface area contributed by atoms with Gasteiger partial charge < -0.3 is 9.64 Å². The third kappa shape index (κ3) is 6.13. The molecule has 0 aromatic heterocycles. The Balaban J connectivity index is 1.74. The van der Waals surface area contributed by atoms with Gasteiger partial charge in [-0.15, -0.1) is 0 Å². The molecule has 1 saturated heterocycles. The summed E-state index contributed by atoms with van der Waals surface area (Å²) in [5, 5.41) is 0. The lowest BCUT2D eigenvalue weighted by molar-refractivity contribution is -0.145. The summed E-state index contributed by atoms with van der Waals surface area (Å²) >= 11 is 0. The number of alkyl halides is 3. The van der Waals surface area contributed by atoms with Crippen molar-refractivity contribution in [1.82, 2.24) is 9.80 Å². The molecule has 11 heteroatoms. The molecule has 0 atom stereocenters. The Morgan fingerprint density at radius 3 is 2.53 bits per heavy atom. The predicted octanol–water partition coefficient (Wildman–Crippen LogP) is 3.21. The number of ether oxygens (including phenoxy) is 1. The molecular weight excluding hydrogens is 447 g/mol. The Morgan fingerprint density at radius 2 is 1.81 bits per heavy atom. The summed E-state index contributed by atoms with van der Waals surface area (Å²) in [6.45, 7) is -0.258. The molecule has 0 spiro atoms. The molecule has 1 N–H and O–H groups in total. The van der Waals surface area contributed by atoms with Gasteiger partial charge in [0.2, 0.25) is 0 Å². The van der Waals surface area contributed by atoms with Crippen LogP contribution in [0.1, 0.15) is 16.8 Å². The van der Waals surface area contributed by atoms with Gasteiger partial charge in [-0.25, -0.2) is 8.42 Å². The number of nitrogens with zero attached hydrogens (tertiary/aromatic N) is 2. The first-order valence-corrected chi connectivity index (χ1v) is 11.4. The fraction of sp³-hybridized carbons (Fsp3) is 0.381.